The Kier molecular flexibility index (Phi) is 4.94. The van der Waals surface area contributed by atoms with Crippen LogP contribution in [-0.4, -0.2) is 34.8 Å². The molecule has 5 rings (SSSR count). The topological polar surface area (TPSA) is 90.0 Å². The van der Waals surface area contributed by atoms with Crippen molar-refractivity contribution in [1.29, 1.82) is 5.26 Å². The summed E-state index contributed by atoms with van der Waals surface area (Å²) in [7, 11) is 3.14. The molecule has 33 heavy (non-hydrogen) atoms. The third kappa shape index (κ3) is 3.19. The van der Waals surface area contributed by atoms with Crippen LogP contribution in [0.15, 0.2) is 42.5 Å². The second-order valence-electron chi connectivity index (χ2n) is 8.68. The highest BCUT2D eigenvalue weighted by Gasteiger charge is 2.46. The first-order valence-electron chi connectivity index (χ1n) is 10.5. The van der Waals surface area contributed by atoms with E-state index in [-0.39, 0.29) is 5.78 Å². The number of rotatable bonds is 4. The zero-order valence-electron chi connectivity index (χ0n) is 18.7. The second-order valence-corrected chi connectivity index (χ2v) is 9.68. The fraction of sp³-hybridized carbons (Fsp3) is 0.280. The van der Waals surface area contributed by atoms with Gasteiger partial charge in [0, 0.05) is 0 Å². The Hall–Kier alpha value is -3.70. The minimum atomic E-state index is -0.780. The molecule has 0 saturated carbocycles. The van der Waals surface area contributed by atoms with Gasteiger partial charge in [-0.15, -0.1) is 0 Å². The van der Waals surface area contributed by atoms with Gasteiger partial charge in [0.1, 0.15) is 23.1 Å². The highest BCUT2D eigenvalue weighted by Crippen LogP contribution is 2.47. The molecule has 166 valence electrons. The van der Waals surface area contributed by atoms with Gasteiger partial charge in [0.25, 0.3) is 0 Å². The molecular formula is C25H22N4O3S. The number of benzene rings is 2. The molecule has 2 heterocycles. The molecule has 2 aromatic carbocycles. The second kappa shape index (κ2) is 7.71. The Balaban J connectivity index is 1.85. The molecule has 1 unspecified atom stereocenters. The van der Waals surface area contributed by atoms with Crippen molar-refractivity contribution in [2.75, 3.05) is 14.2 Å². The quantitative estimate of drug-likeness (QED) is 0.424. The van der Waals surface area contributed by atoms with Crippen LogP contribution in [-0.2, 0) is 6.42 Å². The van der Waals surface area contributed by atoms with Gasteiger partial charge in [-0.1, -0.05) is 43.4 Å². The summed E-state index contributed by atoms with van der Waals surface area (Å²) < 4.78 is 14.0. The molecule has 0 saturated heterocycles. The van der Waals surface area contributed by atoms with Crippen molar-refractivity contribution in [3.05, 3.63) is 53.7 Å². The number of fused-ring (bicyclic) bond motifs is 2. The first-order valence-corrected chi connectivity index (χ1v) is 11.3. The van der Waals surface area contributed by atoms with Crippen molar-refractivity contribution in [3.63, 3.8) is 0 Å². The first kappa shape index (κ1) is 21.2. The van der Waals surface area contributed by atoms with Crippen LogP contribution < -0.4 is 9.47 Å². The van der Waals surface area contributed by atoms with Crippen LogP contribution in [0.25, 0.3) is 26.6 Å². The van der Waals surface area contributed by atoms with Crippen molar-refractivity contribution in [2.45, 2.75) is 20.3 Å². The molecule has 0 radical (unpaired) electrons. The summed E-state index contributed by atoms with van der Waals surface area (Å²) in [6.45, 7) is 3.89. The normalized spacial score (nSPS) is 16.9. The number of Topliss-reactive ketones (excluding diaryl/α,β-unsaturated/α-hetero) is 1. The molecule has 2 aromatic heterocycles. The number of hydrogen-bond acceptors (Lipinski definition) is 7. The third-order valence-electron chi connectivity index (χ3n) is 6.15. The SMILES string of the molecule is COc1cccc(OC)c1-c1nn(-c2nc3ccccc3s2)c2c1C(=O)C(C#N)C(C)(C)C2. The monoisotopic (exact) mass is 458 g/mol. The van der Waals surface area contributed by atoms with Gasteiger partial charge in [-0.25, -0.2) is 9.67 Å². The highest BCUT2D eigenvalue weighted by molar-refractivity contribution is 7.20. The Morgan fingerprint density at radius 1 is 1.09 bits per heavy atom. The van der Waals surface area contributed by atoms with Gasteiger partial charge in [-0.3, -0.25) is 4.79 Å². The highest BCUT2D eigenvalue weighted by atomic mass is 32.1. The van der Waals surface area contributed by atoms with E-state index in [1.807, 2.05) is 44.2 Å². The van der Waals surface area contributed by atoms with Gasteiger partial charge in [0.2, 0.25) is 5.13 Å². The first-order chi connectivity index (χ1) is 15.9. The van der Waals surface area contributed by atoms with E-state index in [0.717, 1.165) is 15.9 Å². The molecule has 0 fully saturated rings. The number of nitriles is 1. The maximum absolute atomic E-state index is 13.7. The van der Waals surface area contributed by atoms with E-state index in [4.69, 9.17) is 19.6 Å². The maximum atomic E-state index is 13.7. The minimum Gasteiger partial charge on any atom is -0.496 e. The Bertz CT molecular complexity index is 1390. The number of thiazole rings is 1. The van der Waals surface area contributed by atoms with Gasteiger partial charge in [0.15, 0.2) is 5.78 Å². The van der Waals surface area contributed by atoms with Gasteiger partial charge in [-0.05, 0) is 36.1 Å². The summed E-state index contributed by atoms with van der Waals surface area (Å²) in [4.78, 5) is 18.5. The molecule has 1 atom stereocenters. The molecule has 0 aliphatic heterocycles. The lowest BCUT2D eigenvalue weighted by Crippen LogP contribution is -2.37. The van der Waals surface area contributed by atoms with Crippen molar-refractivity contribution < 1.29 is 14.3 Å². The summed E-state index contributed by atoms with van der Waals surface area (Å²) in [6, 6.07) is 15.5. The number of aromatic nitrogens is 3. The molecule has 1 aliphatic rings. The average Bonchev–Trinajstić information content (AvgIpc) is 3.39. The van der Waals surface area contributed by atoms with Crippen LogP contribution in [0.5, 0.6) is 11.5 Å². The molecule has 8 heteroatoms. The summed E-state index contributed by atoms with van der Waals surface area (Å²) in [5.74, 6) is 0.0611. The van der Waals surface area contributed by atoms with Crippen molar-refractivity contribution in [1.82, 2.24) is 14.8 Å². The lowest BCUT2D eigenvalue weighted by molar-refractivity contribution is 0.0835. The van der Waals surface area contributed by atoms with Crippen LogP contribution in [0.3, 0.4) is 0 Å². The average molecular weight is 459 g/mol. The smallest absolute Gasteiger partial charge is 0.211 e. The fourth-order valence-electron chi connectivity index (χ4n) is 4.51. The van der Waals surface area contributed by atoms with Crippen LogP contribution >= 0.6 is 11.3 Å². The van der Waals surface area contributed by atoms with Crippen molar-refractivity contribution >= 4 is 27.3 Å². The lowest BCUT2D eigenvalue weighted by atomic mass is 9.67. The van der Waals surface area contributed by atoms with Crippen LogP contribution in [0, 0.1) is 22.7 Å². The molecule has 1 aliphatic carbocycles. The number of para-hydroxylation sites is 1. The lowest BCUT2D eigenvalue weighted by Gasteiger charge is -2.33. The summed E-state index contributed by atoms with van der Waals surface area (Å²) in [6.07, 6.45) is 0.507. The molecular weight excluding hydrogens is 436 g/mol. The van der Waals surface area contributed by atoms with Crippen molar-refractivity contribution in [3.8, 4) is 34.0 Å². The number of carbonyl (C=O) groups is 1. The zero-order chi connectivity index (χ0) is 23.3. The van der Waals surface area contributed by atoms with E-state index in [1.54, 1.807) is 31.0 Å². The number of hydrogen-bond donors (Lipinski definition) is 0. The molecule has 0 N–H and O–H groups in total. The minimum absolute atomic E-state index is 0.237. The molecule has 0 bridgehead atoms. The van der Waals surface area contributed by atoms with Gasteiger partial charge >= 0.3 is 0 Å². The standard InChI is InChI=1S/C25H22N4O3S/c1-25(2)12-16-20(23(30)14(25)13-26)22(21-17(31-3)9-7-10-18(21)32-4)28-29(16)24-27-15-8-5-6-11-19(15)33-24/h5-11,14H,12H2,1-4H3. The van der Waals surface area contributed by atoms with E-state index in [9.17, 15) is 10.1 Å². The van der Waals surface area contributed by atoms with Crippen LogP contribution in [0.2, 0.25) is 0 Å². The van der Waals surface area contributed by atoms with Gasteiger partial charge in [0.05, 0.1) is 47.3 Å². The molecule has 7 nitrogen and oxygen atoms in total. The number of methoxy groups -OCH3 is 2. The predicted molar refractivity (Wildman–Crippen MR) is 126 cm³/mol. The predicted octanol–water partition coefficient (Wildman–Crippen LogP) is 5.07. The van der Waals surface area contributed by atoms with E-state index in [2.05, 4.69) is 6.07 Å². The Morgan fingerprint density at radius 2 is 1.79 bits per heavy atom. The van der Waals surface area contributed by atoms with E-state index in [0.29, 0.717) is 39.9 Å². The van der Waals surface area contributed by atoms with E-state index in [1.165, 1.54) is 11.3 Å². The molecule has 0 spiro atoms. The van der Waals surface area contributed by atoms with E-state index < -0.39 is 11.3 Å². The molecule has 4 aromatic rings. The van der Waals surface area contributed by atoms with Gasteiger partial charge in [-0.2, -0.15) is 10.4 Å². The van der Waals surface area contributed by atoms with Gasteiger partial charge < -0.3 is 9.47 Å². The van der Waals surface area contributed by atoms with E-state index >= 15 is 0 Å². The number of nitrogens with zero attached hydrogens (tertiary/aromatic N) is 4. The van der Waals surface area contributed by atoms with Crippen LogP contribution in [0.1, 0.15) is 29.9 Å². The summed E-state index contributed by atoms with van der Waals surface area (Å²) in [5, 5.41) is 15.4. The van der Waals surface area contributed by atoms with Crippen molar-refractivity contribution in [2.24, 2.45) is 11.3 Å². The van der Waals surface area contributed by atoms with Crippen LogP contribution in [0.4, 0.5) is 0 Å². The summed E-state index contributed by atoms with van der Waals surface area (Å²) >= 11 is 1.51. The summed E-state index contributed by atoms with van der Waals surface area (Å²) in [5.41, 5.74) is 2.54. The third-order valence-corrected chi connectivity index (χ3v) is 7.16. The Morgan fingerprint density at radius 3 is 2.42 bits per heavy atom. The number of ether oxygens (including phenoxy) is 2. The fourth-order valence-corrected chi connectivity index (χ4v) is 5.45. The largest absolute Gasteiger partial charge is 0.496 e. The number of ketones is 1. The Labute approximate surface area is 195 Å². The maximum Gasteiger partial charge on any atom is 0.211 e. The zero-order valence-corrected chi connectivity index (χ0v) is 19.6. The number of carbonyl (C=O) groups excluding carboxylic acids is 1. The molecule has 0 amide bonds.